The van der Waals surface area contributed by atoms with E-state index >= 15 is 0 Å². The molecule has 0 aromatic heterocycles. The van der Waals surface area contributed by atoms with Gasteiger partial charge < -0.3 is 9.84 Å². The van der Waals surface area contributed by atoms with Gasteiger partial charge in [-0.15, -0.1) is 0 Å². The largest absolute Gasteiger partial charge is 0.497 e. The quantitative estimate of drug-likeness (QED) is 0.821. The summed E-state index contributed by atoms with van der Waals surface area (Å²) < 4.78 is 5.14. The molecule has 0 bridgehead atoms. The van der Waals surface area contributed by atoms with E-state index in [9.17, 15) is 5.11 Å². The van der Waals surface area contributed by atoms with E-state index in [-0.39, 0.29) is 6.04 Å². The number of benzene rings is 1. The Hall–Kier alpha value is -1.06. The van der Waals surface area contributed by atoms with Crippen molar-refractivity contribution in [1.82, 2.24) is 4.90 Å². The first kappa shape index (κ1) is 16.0. The van der Waals surface area contributed by atoms with Gasteiger partial charge in [0.05, 0.1) is 13.2 Å². The molecule has 0 aliphatic carbocycles. The van der Waals surface area contributed by atoms with Crippen molar-refractivity contribution in [2.75, 3.05) is 13.7 Å². The number of hydrogen-bond acceptors (Lipinski definition) is 3. The van der Waals surface area contributed by atoms with Gasteiger partial charge in [0.2, 0.25) is 0 Å². The molecule has 1 rings (SSSR count). The van der Waals surface area contributed by atoms with E-state index in [2.05, 4.69) is 32.6 Å². The Kier molecular flexibility index (Phi) is 6.32. The molecule has 19 heavy (non-hydrogen) atoms. The number of nitrogens with zero attached hydrogens (tertiary/aromatic N) is 1. The van der Waals surface area contributed by atoms with Gasteiger partial charge in [-0.1, -0.05) is 26.0 Å². The molecule has 1 aromatic carbocycles. The van der Waals surface area contributed by atoms with Crippen LogP contribution in [0.5, 0.6) is 5.75 Å². The minimum Gasteiger partial charge on any atom is -0.497 e. The van der Waals surface area contributed by atoms with Gasteiger partial charge in [-0.2, -0.15) is 0 Å². The van der Waals surface area contributed by atoms with Crippen LogP contribution in [0.2, 0.25) is 0 Å². The molecule has 1 N–H and O–H groups in total. The highest BCUT2D eigenvalue weighted by Crippen LogP contribution is 2.24. The van der Waals surface area contributed by atoms with Crippen LogP contribution in [0.15, 0.2) is 24.3 Å². The molecule has 0 heterocycles. The zero-order chi connectivity index (χ0) is 14.4. The number of aliphatic hydroxyl groups is 1. The third kappa shape index (κ3) is 3.95. The molecule has 0 aliphatic rings. The van der Waals surface area contributed by atoms with Gasteiger partial charge in [0.25, 0.3) is 0 Å². The summed E-state index contributed by atoms with van der Waals surface area (Å²) >= 11 is 0. The lowest BCUT2D eigenvalue weighted by Gasteiger charge is -2.36. The Bertz CT molecular complexity index is 364. The highest BCUT2D eigenvalue weighted by Gasteiger charge is 2.24. The van der Waals surface area contributed by atoms with E-state index in [0.717, 1.165) is 24.3 Å². The van der Waals surface area contributed by atoms with E-state index in [4.69, 9.17) is 4.74 Å². The molecule has 0 spiro atoms. The van der Waals surface area contributed by atoms with Crippen molar-refractivity contribution in [1.29, 1.82) is 0 Å². The Morgan fingerprint density at radius 2 is 1.74 bits per heavy atom. The molecule has 0 saturated carbocycles. The van der Waals surface area contributed by atoms with Crippen molar-refractivity contribution >= 4 is 0 Å². The van der Waals surface area contributed by atoms with E-state index < -0.39 is 6.10 Å². The van der Waals surface area contributed by atoms with Gasteiger partial charge in [-0.3, -0.25) is 4.90 Å². The maximum absolute atomic E-state index is 10.5. The standard InChI is InChI=1S/C16H27NO2/c1-6-12(3)17(7-2)13(4)16(18)14-8-10-15(19-5)11-9-14/h8-13,16,18H,6-7H2,1-5H3. The Morgan fingerprint density at radius 1 is 1.16 bits per heavy atom. The number of likely N-dealkylation sites (N-methyl/N-ethyl adjacent to an activating group) is 1. The van der Waals surface area contributed by atoms with Crippen LogP contribution in [0.25, 0.3) is 0 Å². The van der Waals surface area contributed by atoms with Crippen molar-refractivity contribution in [2.24, 2.45) is 0 Å². The summed E-state index contributed by atoms with van der Waals surface area (Å²) in [5, 5.41) is 10.5. The molecule has 0 radical (unpaired) electrons. The zero-order valence-electron chi connectivity index (χ0n) is 12.8. The van der Waals surface area contributed by atoms with Crippen molar-refractivity contribution in [3.05, 3.63) is 29.8 Å². The summed E-state index contributed by atoms with van der Waals surface area (Å²) in [7, 11) is 1.65. The average Bonchev–Trinajstić information content (AvgIpc) is 2.46. The van der Waals surface area contributed by atoms with Crippen LogP contribution in [-0.2, 0) is 0 Å². The molecule has 1 aromatic rings. The van der Waals surface area contributed by atoms with Crippen LogP contribution >= 0.6 is 0 Å². The summed E-state index contributed by atoms with van der Waals surface area (Å²) in [6.07, 6.45) is 0.618. The molecular weight excluding hydrogens is 238 g/mol. The second-order valence-electron chi connectivity index (χ2n) is 5.05. The Balaban J connectivity index is 2.81. The summed E-state index contributed by atoms with van der Waals surface area (Å²) in [6, 6.07) is 8.24. The SMILES string of the molecule is CCC(C)N(CC)C(C)C(O)c1ccc(OC)cc1. The maximum atomic E-state index is 10.5. The highest BCUT2D eigenvalue weighted by molar-refractivity contribution is 5.29. The summed E-state index contributed by atoms with van der Waals surface area (Å²) in [5.41, 5.74) is 0.940. The lowest BCUT2D eigenvalue weighted by molar-refractivity contribution is 0.0384. The first-order chi connectivity index (χ1) is 9.04. The number of rotatable bonds is 7. The van der Waals surface area contributed by atoms with Crippen molar-refractivity contribution in [3.8, 4) is 5.75 Å². The molecule has 3 atom stereocenters. The molecule has 3 nitrogen and oxygen atoms in total. The molecular formula is C16H27NO2. The minimum absolute atomic E-state index is 0.105. The van der Waals surface area contributed by atoms with Crippen LogP contribution in [0.3, 0.4) is 0 Å². The monoisotopic (exact) mass is 265 g/mol. The smallest absolute Gasteiger partial charge is 0.118 e. The highest BCUT2D eigenvalue weighted by atomic mass is 16.5. The van der Waals surface area contributed by atoms with E-state index in [1.165, 1.54) is 0 Å². The van der Waals surface area contributed by atoms with Crippen LogP contribution in [0, 0.1) is 0 Å². The van der Waals surface area contributed by atoms with Gasteiger partial charge in [0.15, 0.2) is 0 Å². The molecule has 0 fully saturated rings. The van der Waals surface area contributed by atoms with E-state index in [1.54, 1.807) is 7.11 Å². The predicted molar refractivity (Wildman–Crippen MR) is 79.5 cm³/mol. The molecule has 0 amide bonds. The zero-order valence-corrected chi connectivity index (χ0v) is 12.8. The normalized spacial score (nSPS) is 16.2. The number of hydrogen-bond donors (Lipinski definition) is 1. The van der Waals surface area contributed by atoms with Gasteiger partial charge in [-0.05, 0) is 44.5 Å². The number of ether oxygens (including phenoxy) is 1. The fourth-order valence-electron chi connectivity index (χ4n) is 2.50. The van der Waals surface area contributed by atoms with Crippen LogP contribution in [-0.4, -0.2) is 35.7 Å². The van der Waals surface area contributed by atoms with Crippen LogP contribution in [0.1, 0.15) is 45.8 Å². The second-order valence-corrected chi connectivity index (χ2v) is 5.05. The minimum atomic E-state index is -0.472. The fraction of sp³-hybridized carbons (Fsp3) is 0.625. The Morgan fingerprint density at radius 3 is 2.16 bits per heavy atom. The van der Waals surface area contributed by atoms with Gasteiger partial charge in [-0.25, -0.2) is 0 Å². The average molecular weight is 265 g/mol. The Labute approximate surface area is 117 Å². The van der Waals surface area contributed by atoms with Gasteiger partial charge >= 0.3 is 0 Å². The molecule has 0 saturated heterocycles. The third-order valence-electron chi connectivity index (χ3n) is 3.96. The van der Waals surface area contributed by atoms with Gasteiger partial charge in [0, 0.05) is 12.1 Å². The molecule has 3 heteroatoms. The van der Waals surface area contributed by atoms with Crippen LogP contribution in [0.4, 0.5) is 0 Å². The topological polar surface area (TPSA) is 32.7 Å². The number of aliphatic hydroxyl groups excluding tert-OH is 1. The second kappa shape index (κ2) is 7.51. The first-order valence-corrected chi connectivity index (χ1v) is 7.12. The van der Waals surface area contributed by atoms with Crippen molar-refractivity contribution in [3.63, 3.8) is 0 Å². The molecule has 0 aliphatic heterocycles. The third-order valence-corrected chi connectivity index (χ3v) is 3.96. The van der Waals surface area contributed by atoms with Crippen molar-refractivity contribution in [2.45, 2.75) is 52.3 Å². The first-order valence-electron chi connectivity index (χ1n) is 7.12. The van der Waals surface area contributed by atoms with Crippen molar-refractivity contribution < 1.29 is 9.84 Å². The lowest BCUT2D eigenvalue weighted by Crippen LogP contribution is -2.43. The van der Waals surface area contributed by atoms with Gasteiger partial charge in [0.1, 0.15) is 5.75 Å². The fourth-order valence-corrected chi connectivity index (χ4v) is 2.50. The lowest BCUT2D eigenvalue weighted by atomic mass is 10.0. The van der Waals surface area contributed by atoms with E-state index in [0.29, 0.717) is 6.04 Å². The maximum Gasteiger partial charge on any atom is 0.118 e. The number of methoxy groups -OCH3 is 1. The van der Waals surface area contributed by atoms with E-state index in [1.807, 2.05) is 24.3 Å². The molecule has 3 unspecified atom stereocenters. The summed E-state index contributed by atoms with van der Waals surface area (Å²) in [6.45, 7) is 9.57. The summed E-state index contributed by atoms with van der Waals surface area (Å²) in [4.78, 5) is 2.34. The molecule has 108 valence electrons. The predicted octanol–water partition coefficient (Wildman–Crippen LogP) is 3.24. The van der Waals surface area contributed by atoms with Crippen LogP contribution < -0.4 is 4.74 Å². The summed E-state index contributed by atoms with van der Waals surface area (Å²) in [5.74, 6) is 0.817.